The Morgan fingerprint density at radius 2 is 1.04 bits per heavy atom. The van der Waals surface area contributed by atoms with E-state index in [1.54, 1.807) is 0 Å². The number of aliphatic hydroxyl groups is 4. The van der Waals surface area contributed by atoms with Crippen molar-refractivity contribution in [3.63, 3.8) is 0 Å². The summed E-state index contributed by atoms with van der Waals surface area (Å²) in [5, 5.41) is 39.9. The van der Waals surface area contributed by atoms with Crippen molar-refractivity contribution in [2.75, 3.05) is 19.8 Å². The number of unbranched alkanes of at least 4 members (excludes halogenated alkanes) is 21. The Kier molecular flexibility index (Phi) is 30.7. The largest absolute Gasteiger partial charge is 0.462 e. The highest BCUT2D eigenvalue weighted by Crippen LogP contribution is 2.22. The van der Waals surface area contributed by atoms with Crippen LogP contribution in [-0.2, 0) is 28.5 Å². The van der Waals surface area contributed by atoms with Crippen LogP contribution < -0.4 is 0 Å². The first-order valence-electron chi connectivity index (χ1n) is 20.8. The summed E-state index contributed by atoms with van der Waals surface area (Å²) in [4.78, 5) is 25.2. The van der Waals surface area contributed by atoms with Gasteiger partial charge in [0.2, 0.25) is 0 Å². The molecule has 1 aliphatic heterocycles. The van der Waals surface area contributed by atoms with Crippen LogP contribution in [0.25, 0.3) is 0 Å². The Labute approximate surface area is 310 Å². The fourth-order valence-electron chi connectivity index (χ4n) is 6.30. The van der Waals surface area contributed by atoms with Gasteiger partial charge in [-0.3, -0.25) is 9.59 Å². The molecule has 300 valence electrons. The van der Waals surface area contributed by atoms with E-state index >= 15 is 0 Å². The fraction of sp³-hybridized carbons (Fsp3) is 0.902. The summed E-state index contributed by atoms with van der Waals surface area (Å²) in [6.07, 6.45) is 25.1. The predicted octanol–water partition coefficient (Wildman–Crippen LogP) is 8.00. The second-order valence-corrected chi connectivity index (χ2v) is 14.4. The lowest BCUT2D eigenvalue weighted by Gasteiger charge is -2.39. The van der Waals surface area contributed by atoms with Gasteiger partial charge in [-0.25, -0.2) is 0 Å². The Morgan fingerprint density at radius 3 is 1.53 bits per heavy atom. The van der Waals surface area contributed by atoms with Crippen LogP contribution in [0.5, 0.6) is 0 Å². The molecule has 2 unspecified atom stereocenters. The summed E-state index contributed by atoms with van der Waals surface area (Å²) in [6.45, 7) is 3.39. The molecule has 10 nitrogen and oxygen atoms in total. The van der Waals surface area contributed by atoms with Gasteiger partial charge in [0.15, 0.2) is 12.4 Å². The van der Waals surface area contributed by atoms with E-state index in [4.69, 9.17) is 18.9 Å². The highest BCUT2D eigenvalue weighted by molar-refractivity contribution is 5.70. The minimum Gasteiger partial charge on any atom is -0.462 e. The van der Waals surface area contributed by atoms with Crippen molar-refractivity contribution in [3.05, 3.63) is 12.2 Å². The molecule has 1 aliphatic rings. The Balaban J connectivity index is 2.34. The Hall–Kier alpha value is -1.56. The Morgan fingerprint density at radius 1 is 0.588 bits per heavy atom. The third-order valence-electron chi connectivity index (χ3n) is 9.65. The molecule has 1 rings (SSSR count). The standard InChI is InChI=1S/C41H76O10/c1-3-5-7-9-11-13-14-15-16-17-18-19-20-22-24-26-28-30-37(44)50-34(33-49-41-40(47)39(46)38(45)35(31-42)51-41)32-48-36(43)29-27-25-23-21-12-10-8-6-4-2/h15-16,34-35,38-42,45-47H,3-14,17-33H2,1-2H3/b16-15+/t34-,35-,38+,39?,40?,41-/m1/s1. The number of aliphatic hydroxyl groups excluding tert-OH is 4. The van der Waals surface area contributed by atoms with Crippen LogP contribution >= 0.6 is 0 Å². The quantitative estimate of drug-likeness (QED) is 0.0291. The maximum atomic E-state index is 12.7. The van der Waals surface area contributed by atoms with Crippen LogP contribution in [0.3, 0.4) is 0 Å². The van der Waals surface area contributed by atoms with Gasteiger partial charge in [-0.2, -0.15) is 0 Å². The maximum Gasteiger partial charge on any atom is 0.306 e. The molecule has 0 bridgehead atoms. The summed E-state index contributed by atoms with van der Waals surface area (Å²) in [5.74, 6) is -0.809. The van der Waals surface area contributed by atoms with Crippen molar-refractivity contribution in [2.45, 2.75) is 218 Å². The van der Waals surface area contributed by atoms with Gasteiger partial charge >= 0.3 is 11.9 Å². The topological polar surface area (TPSA) is 152 Å². The third-order valence-corrected chi connectivity index (χ3v) is 9.65. The number of hydrogen-bond acceptors (Lipinski definition) is 10. The van der Waals surface area contributed by atoms with E-state index in [9.17, 15) is 30.0 Å². The molecule has 1 heterocycles. The van der Waals surface area contributed by atoms with Gasteiger partial charge < -0.3 is 39.4 Å². The Bertz CT molecular complexity index is 850. The lowest BCUT2D eigenvalue weighted by molar-refractivity contribution is -0.305. The van der Waals surface area contributed by atoms with Crippen LogP contribution in [0.2, 0.25) is 0 Å². The highest BCUT2D eigenvalue weighted by Gasteiger charge is 2.44. The molecule has 0 radical (unpaired) electrons. The first-order chi connectivity index (χ1) is 24.8. The van der Waals surface area contributed by atoms with E-state index in [2.05, 4.69) is 26.0 Å². The minimum absolute atomic E-state index is 0.215. The molecule has 0 saturated carbocycles. The number of ether oxygens (including phenoxy) is 4. The van der Waals surface area contributed by atoms with Crippen molar-refractivity contribution in [1.82, 2.24) is 0 Å². The molecule has 0 aromatic carbocycles. The first kappa shape index (κ1) is 47.5. The molecule has 51 heavy (non-hydrogen) atoms. The van der Waals surface area contributed by atoms with Crippen LogP contribution in [0, 0.1) is 0 Å². The molecule has 0 spiro atoms. The van der Waals surface area contributed by atoms with E-state index in [1.165, 1.54) is 103 Å². The number of esters is 2. The van der Waals surface area contributed by atoms with Crippen LogP contribution in [0.1, 0.15) is 181 Å². The van der Waals surface area contributed by atoms with Gasteiger partial charge in [0, 0.05) is 12.8 Å². The third kappa shape index (κ3) is 25.2. The highest BCUT2D eigenvalue weighted by atomic mass is 16.7. The number of rotatable bonds is 34. The number of carbonyl (C=O) groups excluding carboxylic acids is 2. The van der Waals surface area contributed by atoms with Crippen LogP contribution in [0.4, 0.5) is 0 Å². The lowest BCUT2D eigenvalue weighted by atomic mass is 9.99. The molecule has 0 amide bonds. The molecule has 0 aromatic rings. The van der Waals surface area contributed by atoms with Crippen molar-refractivity contribution in [2.24, 2.45) is 0 Å². The molecule has 6 atom stereocenters. The molecular weight excluding hydrogens is 652 g/mol. The van der Waals surface area contributed by atoms with Crippen molar-refractivity contribution in [3.8, 4) is 0 Å². The van der Waals surface area contributed by atoms with Crippen molar-refractivity contribution >= 4 is 11.9 Å². The molecular formula is C41H76O10. The lowest BCUT2D eigenvalue weighted by Crippen LogP contribution is -2.59. The number of hydrogen-bond donors (Lipinski definition) is 4. The minimum atomic E-state index is -1.59. The normalized spacial score (nSPS) is 21.3. The monoisotopic (exact) mass is 729 g/mol. The number of allylic oxidation sites excluding steroid dienone is 2. The summed E-state index contributed by atoms with van der Waals surface area (Å²) >= 11 is 0. The molecule has 0 aromatic heterocycles. The molecule has 0 aliphatic carbocycles. The van der Waals surface area contributed by atoms with E-state index in [-0.39, 0.29) is 32.0 Å². The smallest absolute Gasteiger partial charge is 0.306 e. The van der Waals surface area contributed by atoms with E-state index in [1.807, 2.05) is 0 Å². The molecule has 1 saturated heterocycles. The zero-order valence-electron chi connectivity index (χ0n) is 32.4. The van der Waals surface area contributed by atoms with Gasteiger partial charge in [0.1, 0.15) is 31.0 Å². The predicted molar refractivity (Wildman–Crippen MR) is 201 cm³/mol. The van der Waals surface area contributed by atoms with Gasteiger partial charge in [-0.15, -0.1) is 0 Å². The zero-order chi connectivity index (χ0) is 37.4. The molecule has 1 fully saturated rings. The zero-order valence-corrected chi connectivity index (χ0v) is 32.4. The molecule has 10 heteroatoms. The van der Waals surface area contributed by atoms with E-state index < -0.39 is 49.4 Å². The van der Waals surface area contributed by atoms with Gasteiger partial charge in [0.05, 0.1) is 13.2 Å². The SMILES string of the molecule is CCCCCCCC/C=C/CCCCCCCCCC(=O)O[C@H](COC(=O)CCCCCCCCCCC)CO[C@@H]1O[C@H](CO)[C@H](O)C(O)C1O. The first-order valence-corrected chi connectivity index (χ1v) is 20.8. The van der Waals surface area contributed by atoms with Crippen LogP contribution in [-0.4, -0.2) is 89.0 Å². The second kappa shape index (κ2) is 33.0. The second-order valence-electron chi connectivity index (χ2n) is 14.4. The van der Waals surface area contributed by atoms with Gasteiger partial charge in [0.25, 0.3) is 0 Å². The van der Waals surface area contributed by atoms with Crippen LogP contribution in [0.15, 0.2) is 12.2 Å². The summed E-state index contributed by atoms with van der Waals surface area (Å²) < 4.78 is 22.1. The van der Waals surface area contributed by atoms with E-state index in [0.717, 1.165) is 44.9 Å². The average Bonchev–Trinajstić information content (AvgIpc) is 3.13. The summed E-state index contributed by atoms with van der Waals surface area (Å²) in [7, 11) is 0. The van der Waals surface area contributed by atoms with Gasteiger partial charge in [-0.1, -0.05) is 142 Å². The van der Waals surface area contributed by atoms with Crippen molar-refractivity contribution in [1.29, 1.82) is 0 Å². The van der Waals surface area contributed by atoms with Gasteiger partial charge in [-0.05, 0) is 38.5 Å². The summed E-state index contributed by atoms with van der Waals surface area (Å²) in [6, 6.07) is 0. The average molecular weight is 729 g/mol. The van der Waals surface area contributed by atoms with Crippen molar-refractivity contribution < 1.29 is 49.0 Å². The maximum absolute atomic E-state index is 12.7. The molecule has 4 N–H and O–H groups in total. The van der Waals surface area contributed by atoms with E-state index in [0.29, 0.717) is 6.42 Å². The number of carbonyl (C=O) groups is 2. The fourth-order valence-corrected chi connectivity index (χ4v) is 6.30. The summed E-state index contributed by atoms with van der Waals surface area (Å²) in [5.41, 5.74) is 0.